The average molecular weight is 341 g/mol. The molecule has 0 aliphatic heterocycles. The van der Waals surface area contributed by atoms with Crippen LogP contribution in [0.25, 0.3) is 11.3 Å². The molecule has 1 aromatic heterocycles. The number of aromatic amines is 1. The Balaban J connectivity index is 1.45. The second-order valence-electron chi connectivity index (χ2n) is 6.45. The van der Waals surface area contributed by atoms with E-state index >= 15 is 0 Å². The summed E-state index contributed by atoms with van der Waals surface area (Å²) in [4.78, 5) is 14.2. The number of ether oxygens (including phenoxy) is 1. The molecule has 6 heteroatoms. The van der Waals surface area contributed by atoms with Gasteiger partial charge in [0.15, 0.2) is 5.96 Å². The molecule has 134 valence electrons. The minimum Gasteiger partial charge on any atom is -0.379 e. The molecule has 25 heavy (non-hydrogen) atoms. The summed E-state index contributed by atoms with van der Waals surface area (Å²) in [6.45, 7) is 3.05. The molecule has 1 aliphatic rings. The molecule has 0 saturated heterocycles. The number of hydrogen-bond donors (Lipinski definition) is 2. The van der Waals surface area contributed by atoms with Crippen molar-refractivity contribution >= 4 is 5.96 Å². The van der Waals surface area contributed by atoms with E-state index in [1.807, 2.05) is 31.4 Å². The fourth-order valence-electron chi connectivity index (χ4n) is 2.61. The van der Waals surface area contributed by atoms with Crippen LogP contribution < -0.4 is 5.32 Å². The van der Waals surface area contributed by atoms with Gasteiger partial charge in [0.1, 0.15) is 5.82 Å². The van der Waals surface area contributed by atoms with Crippen molar-refractivity contribution in [2.24, 2.45) is 10.9 Å². The molecule has 0 atom stereocenters. The average Bonchev–Trinajstić information content (AvgIpc) is 3.35. The first-order valence-corrected chi connectivity index (χ1v) is 8.85. The molecule has 2 aromatic rings. The first kappa shape index (κ1) is 17.5. The van der Waals surface area contributed by atoms with Gasteiger partial charge in [0.2, 0.25) is 0 Å². The standard InChI is InChI=1S/C19H27N5O/c1-20-19(24(2)10-11-25-14-15-8-9-15)22-13-18-21-12-17(23-18)16-6-4-3-5-7-16/h3-7,12,15H,8-11,13-14H2,1-2H3,(H,20,22)(H,21,23). The quantitative estimate of drug-likeness (QED) is 0.440. The lowest BCUT2D eigenvalue weighted by atomic mass is 10.2. The highest BCUT2D eigenvalue weighted by atomic mass is 16.5. The molecular formula is C19H27N5O. The number of nitrogens with one attached hydrogen (secondary N) is 2. The van der Waals surface area contributed by atoms with E-state index in [4.69, 9.17) is 4.74 Å². The van der Waals surface area contributed by atoms with Gasteiger partial charge in [0.25, 0.3) is 0 Å². The number of guanidine groups is 1. The maximum atomic E-state index is 5.70. The molecule has 0 amide bonds. The number of hydrogen-bond acceptors (Lipinski definition) is 3. The van der Waals surface area contributed by atoms with Crippen molar-refractivity contribution in [2.45, 2.75) is 19.4 Å². The fourth-order valence-corrected chi connectivity index (χ4v) is 2.61. The largest absolute Gasteiger partial charge is 0.379 e. The maximum Gasteiger partial charge on any atom is 0.193 e. The molecule has 3 rings (SSSR count). The third kappa shape index (κ3) is 5.32. The van der Waals surface area contributed by atoms with E-state index in [0.29, 0.717) is 6.54 Å². The van der Waals surface area contributed by atoms with Gasteiger partial charge in [-0.05, 0) is 24.3 Å². The zero-order chi connectivity index (χ0) is 17.5. The third-order valence-electron chi connectivity index (χ3n) is 4.32. The summed E-state index contributed by atoms with van der Waals surface area (Å²) in [5, 5.41) is 3.34. The molecule has 1 aliphatic carbocycles. The van der Waals surface area contributed by atoms with Crippen LogP contribution >= 0.6 is 0 Å². The minimum atomic E-state index is 0.604. The zero-order valence-corrected chi connectivity index (χ0v) is 15.0. The van der Waals surface area contributed by atoms with Gasteiger partial charge in [-0.1, -0.05) is 30.3 Å². The van der Waals surface area contributed by atoms with Gasteiger partial charge in [-0.2, -0.15) is 0 Å². The van der Waals surface area contributed by atoms with Crippen LogP contribution in [0.3, 0.4) is 0 Å². The summed E-state index contributed by atoms with van der Waals surface area (Å²) in [6, 6.07) is 10.2. The van der Waals surface area contributed by atoms with Crippen molar-refractivity contribution in [3.8, 4) is 11.3 Å². The Morgan fingerprint density at radius 3 is 2.88 bits per heavy atom. The van der Waals surface area contributed by atoms with Crippen molar-refractivity contribution in [1.29, 1.82) is 0 Å². The van der Waals surface area contributed by atoms with Crippen molar-refractivity contribution < 1.29 is 4.74 Å². The fraction of sp³-hybridized carbons (Fsp3) is 0.474. The predicted octanol–water partition coefficient (Wildman–Crippen LogP) is 2.51. The van der Waals surface area contributed by atoms with E-state index < -0.39 is 0 Å². The Bertz CT molecular complexity index is 678. The minimum absolute atomic E-state index is 0.604. The number of nitrogens with zero attached hydrogens (tertiary/aromatic N) is 3. The molecule has 1 saturated carbocycles. The third-order valence-corrected chi connectivity index (χ3v) is 4.32. The number of likely N-dealkylation sites (N-methyl/N-ethyl adjacent to an activating group) is 1. The molecule has 0 spiro atoms. The molecule has 6 nitrogen and oxygen atoms in total. The van der Waals surface area contributed by atoms with Gasteiger partial charge in [-0.25, -0.2) is 4.98 Å². The number of aromatic nitrogens is 2. The van der Waals surface area contributed by atoms with Gasteiger partial charge in [-0.15, -0.1) is 0 Å². The summed E-state index contributed by atoms with van der Waals surface area (Å²) < 4.78 is 5.70. The predicted molar refractivity (Wildman–Crippen MR) is 100 cm³/mol. The SMILES string of the molecule is CN=C(NCc1ncc(-c2ccccc2)[nH]1)N(C)CCOCC1CC1. The lowest BCUT2D eigenvalue weighted by Crippen LogP contribution is -2.40. The van der Waals surface area contributed by atoms with Crippen LogP contribution in [-0.2, 0) is 11.3 Å². The van der Waals surface area contributed by atoms with Gasteiger partial charge in [0.05, 0.1) is 25.0 Å². The molecule has 2 N–H and O–H groups in total. The molecular weight excluding hydrogens is 314 g/mol. The maximum absolute atomic E-state index is 5.70. The Morgan fingerprint density at radius 1 is 1.36 bits per heavy atom. The van der Waals surface area contributed by atoms with Crippen LogP contribution in [0, 0.1) is 5.92 Å². The second-order valence-corrected chi connectivity index (χ2v) is 6.45. The Morgan fingerprint density at radius 2 is 2.16 bits per heavy atom. The summed E-state index contributed by atoms with van der Waals surface area (Å²) in [5.41, 5.74) is 2.16. The molecule has 1 fully saturated rings. The van der Waals surface area contributed by atoms with Gasteiger partial charge >= 0.3 is 0 Å². The molecule has 0 unspecified atom stereocenters. The number of rotatable bonds is 8. The van der Waals surface area contributed by atoms with Crippen LogP contribution in [0.15, 0.2) is 41.5 Å². The van der Waals surface area contributed by atoms with Crippen LogP contribution in [-0.4, -0.2) is 54.7 Å². The van der Waals surface area contributed by atoms with Crippen molar-refractivity contribution in [2.75, 3.05) is 33.9 Å². The van der Waals surface area contributed by atoms with Gasteiger partial charge in [0, 0.05) is 27.2 Å². The molecule has 0 radical (unpaired) electrons. The van der Waals surface area contributed by atoms with Crippen molar-refractivity contribution in [1.82, 2.24) is 20.2 Å². The molecule has 1 aromatic carbocycles. The monoisotopic (exact) mass is 341 g/mol. The van der Waals surface area contributed by atoms with Crippen LogP contribution in [0.4, 0.5) is 0 Å². The smallest absolute Gasteiger partial charge is 0.193 e. The summed E-state index contributed by atoms with van der Waals surface area (Å²) in [6.07, 6.45) is 4.52. The van der Waals surface area contributed by atoms with Crippen molar-refractivity contribution in [3.05, 3.63) is 42.4 Å². The Kier molecular flexibility index (Phi) is 6.06. The van der Waals surface area contributed by atoms with E-state index in [1.54, 1.807) is 7.05 Å². The summed E-state index contributed by atoms with van der Waals surface area (Å²) in [5.74, 6) is 2.53. The van der Waals surface area contributed by atoms with E-state index in [1.165, 1.54) is 12.8 Å². The molecule has 1 heterocycles. The first-order valence-electron chi connectivity index (χ1n) is 8.85. The second kappa shape index (κ2) is 8.67. The summed E-state index contributed by atoms with van der Waals surface area (Å²) >= 11 is 0. The van der Waals surface area contributed by atoms with Gasteiger partial charge in [-0.3, -0.25) is 4.99 Å². The number of imidazole rings is 1. The lowest BCUT2D eigenvalue weighted by molar-refractivity contribution is 0.115. The highest BCUT2D eigenvalue weighted by Crippen LogP contribution is 2.28. The zero-order valence-electron chi connectivity index (χ0n) is 15.0. The number of benzene rings is 1. The first-order chi connectivity index (χ1) is 12.3. The topological polar surface area (TPSA) is 65.5 Å². The van der Waals surface area contributed by atoms with E-state index in [-0.39, 0.29) is 0 Å². The highest BCUT2D eigenvalue weighted by molar-refractivity contribution is 5.79. The highest BCUT2D eigenvalue weighted by Gasteiger charge is 2.21. The van der Waals surface area contributed by atoms with Crippen LogP contribution in [0.2, 0.25) is 0 Å². The number of aliphatic imine (C=N–C) groups is 1. The Hall–Kier alpha value is -2.34. The van der Waals surface area contributed by atoms with E-state index in [9.17, 15) is 0 Å². The van der Waals surface area contributed by atoms with E-state index in [0.717, 1.165) is 48.7 Å². The summed E-state index contributed by atoms with van der Waals surface area (Å²) in [7, 11) is 3.81. The van der Waals surface area contributed by atoms with Crippen molar-refractivity contribution in [3.63, 3.8) is 0 Å². The molecule has 0 bridgehead atoms. The van der Waals surface area contributed by atoms with E-state index in [2.05, 4.69) is 37.3 Å². The van der Waals surface area contributed by atoms with Crippen LogP contribution in [0.5, 0.6) is 0 Å². The normalized spacial score (nSPS) is 14.6. The van der Waals surface area contributed by atoms with Crippen LogP contribution in [0.1, 0.15) is 18.7 Å². The van der Waals surface area contributed by atoms with Gasteiger partial charge < -0.3 is 19.9 Å². The Labute approximate surface area is 149 Å². The lowest BCUT2D eigenvalue weighted by Gasteiger charge is -2.21. The number of H-pyrrole nitrogens is 1.